The van der Waals surface area contributed by atoms with Gasteiger partial charge in [0, 0.05) is 23.9 Å². The number of ether oxygens (including phenoxy) is 1. The number of amides is 1. The molecule has 2 rings (SSSR count). The van der Waals surface area contributed by atoms with Gasteiger partial charge in [-0.1, -0.05) is 18.2 Å². The fraction of sp³-hybridized carbons (Fsp3) is 0.111. The molecule has 0 heterocycles. The minimum absolute atomic E-state index is 0.175. The van der Waals surface area contributed by atoms with E-state index in [1.54, 1.807) is 6.07 Å². The Hall–Kier alpha value is -3.55. The summed E-state index contributed by atoms with van der Waals surface area (Å²) in [6.45, 7) is 1.36. The Balaban J connectivity index is 1.93. The number of esters is 1. The van der Waals surface area contributed by atoms with Gasteiger partial charge in [0.2, 0.25) is 0 Å². The van der Waals surface area contributed by atoms with Crippen LogP contribution in [0.1, 0.15) is 12.5 Å². The molecule has 0 aliphatic heterocycles. The molecular formula is C18H15FN2O5. The van der Waals surface area contributed by atoms with Crippen LogP contribution in [0.15, 0.2) is 54.6 Å². The number of non-ortho nitro benzene ring substituents is 1. The molecule has 1 amide bonds. The number of hydrogen-bond donors (Lipinski definition) is 1. The molecule has 2 aromatic carbocycles. The van der Waals surface area contributed by atoms with E-state index in [2.05, 4.69) is 5.32 Å². The highest BCUT2D eigenvalue weighted by Crippen LogP contribution is 2.17. The molecule has 0 radical (unpaired) electrons. The second kappa shape index (κ2) is 8.52. The largest absolute Gasteiger partial charge is 0.449 e. The third-order valence-electron chi connectivity index (χ3n) is 3.25. The van der Waals surface area contributed by atoms with Crippen molar-refractivity contribution in [1.82, 2.24) is 0 Å². The summed E-state index contributed by atoms with van der Waals surface area (Å²) < 4.78 is 18.0. The van der Waals surface area contributed by atoms with Crippen molar-refractivity contribution in [2.24, 2.45) is 0 Å². The maximum absolute atomic E-state index is 13.0. The molecule has 2 aromatic rings. The molecule has 0 aromatic heterocycles. The third kappa shape index (κ3) is 5.52. The van der Waals surface area contributed by atoms with Gasteiger partial charge in [-0.15, -0.1) is 0 Å². The van der Waals surface area contributed by atoms with Crippen molar-refractivity contribution in [3.05, 3.63) is 76.1 Å². The zero-order valence-corrected chi connectivity index (χ0v) is 13.7. The molecule has 26 heavy (non-hydrogen) atoms. The van der Waals surface area contributed by atoms with Crippen LogP contribution in [0.5, 0.6) is 0 Å². The number of carbonyl (C=O) groups is 2. The average Bonchev–Trinajstić information content (AvgIpc) is 2.60. The van der Waals surface area contributed by atoms with Gasteiger partial charge < -0.3 is 10.1 Å². The predicted octanol–water partition coefficient (Wildman–Crippen LogP) is 3.32. The molecule has 7 nitrogen and oxygen atoms in total. The number of nitro groups is 1. The minimum atomic E-state index is -1.13. The summed E-state index contributed by atoms with van der Waals surface area (Å²) in [6, 6.07) is 11.0. The van der Waals surface area contributed by atoms with Crippen LogP contribution in [0.4, 0.5) is 15.8 Å². The third-order valence-corrected chi connectivity index (χ3v) is 3.25. The molecule has 0 saturated heterocycles. The summed E-state index contributed by atoms with van der Waals surface area (Å²) in [7, 11) is 0. The van der Waals surface area contributed by atoms with E-state index in [-0.39, 0.29) is 11.4 Å². The Morgan fingerprint density at radius 1 is 1.23 bits per heavy atom. The number of nitrogens with zero attached hydrogens (tertiary/aromatic N) is 1. The van der Waals surface area contributed by atoms with E-state index in [0.29, 0.717) is 5.56 Å². The van der Waals surface area contributed by atoms with Gasteiger partial charge in [-0.2, -0.15) is 0 Å². The zero-order chi connectivity index (χ0) is 19.1. The van der Waals surface area contributed by atoms with Crippen LogP contribution in [0, 0.1) is 15.9 Å². The first kappa shape index (κ1) is 18.8. The van der Waals surface area contributed by atoms with Crippen molar-refractivity contribution < 1.29 is 23.6 Å². The maximum atomic E-state index is 13.0. The molecule has 0 aliphatic rings. The summed E-state index contributed by atoms with van der Waals surface area (Å²) in [5, 5.41) is 13.1. The van der Waals surface area contributed by atoms with Crippen LogP contribution in [0.25, 0.3) is 6.08 Å². The number of nitrogens with one attached hydrogen (secondary N) is 1. The first-order chi connectivity index (χ1) is 12.3. The molecule has 0 unspecified atom stereocenters. The highest BCUT2D eigenvalue weighted by Gasteiger charge is 2.17. The summed E-state index contributed by atoms with van der Waals surface area (Å²) in [5.41, 5.74) is 0.503. The minimum Gasteiger partial charge on any atom is -0.449 e. The van der Waals surface area contributed by atoms with Gasteiger partial charge in [0.05, 0.1) is 4.92 Å². The number of carbonyl (C=O) groups excluding carboxylic acids is 2. The van der Waals surface area contributed by atoms with Gasteiger partial charge in [0.1, 0.15) is 5.82 Å². The summed E-state index contributed by atoms with van der Waals surface area (Å²) in [4.78, 5) is 33.9. The van der Waals surface area contributed by atoms with E-state index in [4.69, 9.17) is 4.74 Å². The standard InChI is InChI=1S/C18H15FN2O5/c1-12(18(23)20-15-6-3-7-16(11-15)21(24)25)26-17(22)9-8-13-4-2-5-14(19)10-13/h2-12H,1H3,(H,20,23)/b9-8+/t12-/m1/s1. The quantitative estimate of drug-likeness (QED) is 0.370. The van der Waals surface area contributed by atoms with Gasteiger partial charge in [0.25, 0.3) is 11.6 Å². The number of anilines is 1. The van der Waals surface area contributed by atoms with Crippen LogP contribution in [0.2, 0.25) is 0 Å². The Bertz CT molecular complexity index is 866. The summed E-state index contributed by atoms with van der Waals surface area (Å²) in [5.74, 6) is -1.86. The van der Waals surface area contributed by atoms with Gasteiger partial charge in [-0.3, -0.25) is 14.9 Å². The van der Waals surface area contributed by atoms with Crippen molar-refractivity contribution in [3.8, 4) is 0 Å². The fourth-order valence-corrected chi connectivity index (χ4v) is 1.98. The number of halogens is 1. The van der Waals surface area contributed by atoms with Gasteiger partial charge in [-0.05, 0) is 36.8 Å². The molecule has 1 atom stereocenters. The Morgan fingerprint density at radius 2 is 1.96 bits per heavy atom. The van der Waals surface area contributed by atoms with E-state index >= 15 is 0 Å². The fourth-order valence-electron chi connectivity index (χ4n) is 1.98. The van der Waals surface area contributed by atoms with Crippen LogP contribution < -0.4 is 5.32 Å². The van der Waals surface area contributed by atoms with Crippen LogP contribution in [-0.2, 0) is 14.3 Å². The van der Waals surface area contributed by atoms with Gasteiger partial charge in [-0.25, -0.2) is 9.18 Å². The molecule has 1 N–H and O–H groups in total. The lowest BCUT2D eigenvalue weighted by molar-refractivity contribution is -0.384. The highest BCUT2D eigenvalue weighted by atomic mass is 19.1. The monoisotopic (exact) mass is 358 g/mol. The van der Waals surface area contributed by atoms with Gasteiger partial charge >= 0.3 is 5.97 Å². The normalized spacial score (nSPS) is 11.8. The molecule has 134 valence electrons. The molecule has 0 aliphatic carbocycles. The van der Waals surface area contributed by atoms with E-state index in [1.807, 2.05) is 0 Å². The molecule has 0 saturated carbocycles. The van der Waals surface area contributed by atoms with E-state index in [9.17, 15) is 24.1 Å². The van der Waals surface area contributed by atoms with Crippen molar-refractivity contribution in [2.45, 2.75) is 13.0 Å². The van der Waals surface area contributed by atoms with E-state index < -0.39 is 28.7 Å². The maximum Gasteiger partial charge on any atom is 0.331 e. The lowest BCUT2D eigenvalue weighted by Gasteiger charge is -2.12. The first-order valence-corrected chi connectivity index (χ1v) is 7.55. The zero-order valence-electron chi connectivity index (χ0n) is 13.7. The van der Waals surface area contributed by atoms with Crippen molar-refractivity contribution in [2.75, 3.05) is 5.32 Å². The number of hydrogen-bond acceptors (Lipinski definition) is 5. The smallest absolute Gasteiger partial charge is 0.331 e. The van der Waals surface area contributed by atoms with Crippen molar-refractivity contribution in [3.63, 3.8) is 0 Å². The summed E-state index contributed by atoms with van der Waals surface area (Å²) >= 11 is 0. The van der Waals surface area contributed by atoms with Crippen molar-refractivity contribution >= 4 is 29.3 Å². The van der Waals surface area contributed by atoms with Crippen molar-refractivity contribution in [1.29, 1.82) is 0 Å². The predicted molar refractivity (Wildman–Crippen MR) is 92.7 cm³/mol. The lowest BCUT2D eigenvalue weighted by atomic mass is 10.2. The molecule has 8 heteroatoms. The summed E-state index contributed by atoms with van der Waals surface area (Å²) in [6.07, 6.45) is 1.31. The number of nitro benzene ring substituents is 1. The highest BCUT2D eigenvalue weighted by molar-refractivity contribution is 5.96. The second-order valence-electron chi connectivity index (χ2n) is 5.26. The topological polar surface area (TPSA) is 98.5 Å². The second-order valence-corrected chi connectivity index (χ2v) is 5.26. The SMILES string of the molecule is C[C@@H](OC(=O)/C=C/c1cccc(F)c1)C(=O)Nc1cccc([N+](=O)[O-])c1. The molecule has 0 bridgehead atoms. The molecule has 0 spiro atoms. The van der Waals surface area contributed by atoms with Crippen LogP contribution in [-0.4, -0.2) is 22.9 Å². The Morgan fingerprint density at radius 3 is 2.65 bits per heavy atom. The van der Waals surface area contributed by atoms with Gasteiger partial charge in [0.15, 0.2) is 6.10 Å². The molecule has 0 fully saturated rings. The average molecular weight is 358 g/mol. The lowest BCUT2D eigenvalue weighted by Crippen LogP contribution is -2.29. The number of benzene rings is 2. The van der Waals surface area contributed by atoms with E-state index in [0.717, 1.165) is 6.08 Å². The molecular weight excluding hydrogens is 343 g/mol. The number of rotatable bonds is 6. The Kier molecular flexibility index (Phi) is 6.15. The first-order valence-electron chi connectivity index (χ1n) is 7.55. The van der Waals surface area contributed by atoms with Crippen LogP contribution >= 0.6 is 0 Å². The van der Waals surface area contributed by atoms with E-state index in [1.165, 1.54) is 55.5 Å². The van der Waals surface area contributed by atoms with Crippen LogP contribution in [0.3, 0.4) is 0 Å². The Labute approximate surface area is 148 Å².